The van der Waals surface area contributed by atoms with Crippen molar-refractivity contribution in [3.63, 3.8) is 0 Å². The molecule has 0 amide bonds. The van der Waals surface area contributed by atoms with Crippen LogP contribution >= 0.6 is 0 Å². The monoisotopic (exact) mass is 388 g/mol. The summed E-state index contributed by atoms with van der Waals surface area (Å²) >= 11 is -9.80. The molecule has 0 atom stereocenters. The molecule has 0 nitrogen and oxygen atoms in total. The van der Waals surface area contributed by atoms with Crippen LogP contribution in [0.15, 0.2) is 24.3 Å². The molecule has 0 fully saturated rings. The number of halogens is 6. The SMILES string of the molecule is C[SH+]Cc1ccccc1C.[F][Sb-]([F])([F])([F])([F])[F]. The fourth-order valence-corrected chi connectivity index (χ4v) is 1.65. The molecule has 0 radical (unpaired) electrons. The summed E-state index contributed by atoms with van der Waals surface area (Å²) in [6, 6.07) is 8.56. The normalized spacial score (nSPS) is 15.3. The summed E-state index contributed by atoms with van der Waals surface area (Å²) < 4.78 is 59.6. The molecule has 0 aliphatic heterocycles. The van der Waals surface area contributed by atoms with Crippen LogP contribution in [0.2, 0.25) is 0 Å². The van der Waals surface area contributed by atoms with Crippen molar-refractivity contribution >= 4 is 31.2 Å². The van der Waals surface area contributed by atoms with E-state index in [-0.39, 0.29) is 0 Å². The van der Waals surface area contributed by atoms with Gasteiger partial charge in [-0.2, -0.15) is 0 Å². The van der Waals surface area contributed by atoms with Crippen LogP contribution in [0.4, 0.5) is 16.9 Å². The summed E-state index contributed by atoms with van der Waals surface area (Å²) in [5.74, 6) is 1.19. The molecule has 0 bridgehead atoms. The first-order valence-corrected chi connectivity index (χ1v) is 11.8. The zero-order valence-electron chi connectivity index (χ0n) is 9.18. The molecule has 0 N–H and O–H groups in total. The predicted molar refractivity (Wildman–Crippen MR) is 62.0 cm³/mol. The molecular formula is C9H13F6SSb. The summed E-state index contributed by atoms with van der Waals surface area (Å²) in [7, 11) is 0. The van der Waals surface area contributed by atoms with E-state index in [2.05, 4.69) is 37.4 Å². The van der Waals surface area contributed by atoms with Gasteiger partial charge in [-0.15, -0.1) is 0 Å². The Bertz CT molecular complexity index is 360. The average Bonchev–Trinajstić information content (AvgIpc) is 2.04. The van der Waals surface area contributed by atoms with Gasteiger partial charge >= 0.3 is 36.4 Å². The van der Waals surface area contributed by atoms with Gasteiger partial charge in [0, 0.05) is 5.56 Å². The van der Waals surface area contributed by atoms with E-state index < -0.39 is 19.5 Å². The fraction of sp³-hybridized carbons (Fsp3) is 0.333. The molecule has 1 aromatic carbocycles. The Hall–Kier alpha value is -0.0318. The second kappa shape index (κ2) is 4.92. The number of hydrogen-bond acceptors (Lipinski definition) is 0. The Balaban J connectivity index is 0.000000325. The standard InChI is InChI=1S/C9H12S.6FH.Sb/c1-8-5-3-4-6-9(8)7-10-2;;;;;;;/h3-6H,7H2,1-2H3;6*1H;/q;;;;;;;+5/p-5. The van der Waals surface area contributed by atoms with E-state index >= 15 is 0 Å². The fourth-order valence-electron chi connectivity index (χ4n) is 0.958. The van der Waals surface area contributed by atoms with Gasteiger partial charge in [0.1, 0.15) is 5.75 Å². The van der Waals surface area contributed by atoms with Crippen molar-refractivity contribution < 1.29 is 16.9 Å². The minimum absolute atomic E-state index is 1.19. The summed E-state index contributed by atoms with van der Waals surface area (Å²) in [5, 5.41) is 0. The number of aryl methyl sites for hydroxylation is 1. The third kappa shape index (κ3) is 16.0. The Labute approximate surface area is 102 Å². The summed E-state index contributed by atoms with van der Waals surface area (Å²) in [5.41, 5.74) is 2.89. The van der Waals surface area contributed by atoms with Gasteiger partial charge in [-0.05, 0) is 24.2 Å². The number of hydrogen-bond donors (Lipinski definition) is 0. The van der Waals surface area contributed by atoms with E-state index in [4.69, 9.17) is 0 Å². The Kier molecular flexibility index (Phi) is 4.91. The number of thiol groups is 1. The molecule has 8 heteroatoms. The Morgan fingerprint density at radius 3 is 1.76 bits per heavy atom. The second-order valence-electron chi connectivity index (χ2n) is 3.36. The van der Waals surface area contributed by atoms with Crippen molar-refractivity contribution in [1.29, 1.82) is 0 Å². The molecule has 17 heavy (non-hydrogen) atoms. The predicted octanol–water partition coefficient (Wildman–Crippen LogP) is 4.08. The first kappa shape index (κ1) is 17.0. The van der Waals surface area contributed by atoms with Crippen molar-refractivity contribution in [2.24, 2.45) is 0 Å². The third-order valence-corrected chi connectivity index (χ3v) is 2.25. The van der Waals surface area contributed by atoms with Gasteiger partial charge in [0.15, 0.2) is 0 Å². The van der Waals surface area contributed by atoms with Crippen LogP contribution in [0.1, 0.15) is 11.1 Å². The maximum absolute atomic E-state index is 11.2. The Morgan fingerprint density at radius 2 is 1.41 bits per heavy atom. The molecule has 0 saturated heterocycles. The molecule has 0 aliphatic carbocycles. The van der Waals surface area contributed by atoms with Crippen molar-refractivity contribution in [2.45, 2.75) is 12.7 Å². The van der Waals surface area contributed by atoms with E-state index in [1.165, 1.54) is 28.6 Å². The third-order valence-electron chi connectivity index (χ3n) is 1.59. The average molecular weight is 389 g/mol. The summed E-state index contributed by atoms with van der Waals surface area (Å²) in [6.45, 7) is 2.17. The molecule has 0 unspecified atom stereocenters. The molecule has 0 spiro atoms. The molecule has 0 aliphatic rings. The molecular weight excluding hydrogens is 376 g/mol. The van der Waals surface area contributed by atoms with E-state index in [1.54, 1.807) is 0 Å². The van der Waals surface area contributed by atoms with Gasteiger partial charge < -0.3 is 0 Å². The number of rotatable bonds is 2. The van der Waals surface area contributed by atoms with E-state index in [1.807, 2.05) is 0 Å². The zero-order chi connectivity index (χ0) is 13.8. The van der Waals surface area contributed by atoms with Crippen molar-refractivity contribution in [3.05, 3.63) is 35.4 Å². The van der Waals surface area contributed by atoms with E-state index in [0.29, 0.717) is 0 Å². The summed E-state index contributed by atoms with van der Waals surface area (Å²) in [4.78, 5) is 0. The molecule has 0 aromatic heterocycles. The molecule has 102 valence electrons. The van der Waals surface area contributed by atoms with Crippen LogP contribution in [0, 0.1) is 6.92 Å². The van der Waals surface area contributed by atoms with Crippen LogP contribution in [-0.2, 0) is 17.5 Å². The van der Waals surface area contributed by atoms with Crippen LogP contribution in [0.5, 0.6) is 0 Å². The van der Waals surface area contributed by atoms with Crippen molar-refractivity contribution in [2.75, 3.05) is 6.26 Å². The Morgan fingerprint density at radius 1 is 1.00 bits per heavy atom. The molecule has 1 aromatic rings. The van der Waals surface area contributed by atoms with E-state index in [0.717, 1.165) is 0 Å². The van der Waals surface area contributed by atoms with Crippen LogP contribution in [-0.4, -0.2) is 25.7 Å². The van der Waals surface area contributed by atoms with Crippen molar-refractivity contribution in [3.8, 4) is 0 Å². The number of benzene rings is 1. The van der Waals surface area contributed by atoms with Gasteiger partial charge in [0.05, 0.1) is 6.26 Å². The molecule has 0 saturated carbocycles. The van der Waals surface area contributed by atoms with Crippen molar-refractivity contribution in [1.82, 2.24) is 0 Å². The van der Waals surface area contributed by atoms with Gasteiger partial charge in [0.25, 0.3) is 0 Å². The van der Waals surface area contributed by atoms with Crippen LogP contribution < -0.4 is 0 Å². The first-order valence-electron chi connectivity index (χ1n) is 4.46. The second-order valence-corrected chi connectivity index (χ2v) is 9.78. The topological polar surface area (TPSA) is 0 Å². The first-order chi connectivity index (χ1) is 7.29. The maximum atomic E-state index is 9.93. The van der Waals surface area contributed by atoms with Crippen LogP contribution in [0.25, 0.3) is 0 Å². The summed E-state index contributed by atoms with van der Waals surface area (Å²) in [6.07, 6.45) is 2.19. The van der Waals surface area contributed by atoms with Gasteiger partial charge in [-0.3, -0.25) is 0 Å². The van der Waals surface area contributed by atoms with Gasteiger partial charge in [0.2, 0.25) is 0 Å². The quantitative estimate of drug-likeness (QED) is 0.310. The zero-order valence-corrected chi connectivity index (χ0v) is 12.6. The molecule has 1 rings (SSSR count). The van der Waals surface area contributed by atoms with E-state index in [9.17, 15) is 16.9 Å². The minimum atomic E-state index is -11.2. The van der Waals surface area contributed by atoms with Gasteiger partial charge in [-0.1, -0.05) is 24.3 Å². The van der Waals surface area contributed by atoms with Gasteiger partial charge in [-0.25, -0.2) is 0 Å². The molecule has 0 heterocycles. The van der Waals surface area contributed by atoms with Crippen LogP contribution in [0.3, 0.4) is 0 Å².